The molecule has 0 saturated carbocycles. The molecule has 1 aliphatic rings. The van der Waals surface area contributed by atoms with E-state index in [1.165, 1.54) is 0 Å². The minimum absolute atomic E-state index is 0.126. The van der Waals surface area contributed by atoms with E-state index in [9.17, 15) is 4.79 Å². The standard InChI is InChI=1S/C18H36O5Si/c1-10-20-16(19)15-14(21-18(6,7)22-15)12-11-13(2)23-24(8,9)17(3,4)5/h13-15H,10-12H2,1-9H3/t13-,14-,15+/m0/s1. The smallest absolute Gasteiger partial charge is 0.338 e. The summed E-state index contributed by atoms with van der Waals surface area (Å²) in [5.74, 6) is -1.10. The van der Waals surface area contributed by atoms with Crippen LogP contribution in [0.15, 0.2) is 0 Å². The van der Waals surface area contributed by atoms with Gasteiger partial charge in [0.15, 0.2) is 20.2 Å². The molecule has 0 bridgehead atoms. The van der Waals surface area contributed by atoms with Gasteiger partial charge in [-0.25, -0.2) is 4.79 Å². The van der Waals surface area contributed by atoms with Gasteiger partial charge in [-0.2, -0.15) is 0 Å². The summed E-state index contributed by atoms with van der Waals surface area (Å²) < 4.78 is 23.1. The van der Waals surface area contributed by atoms with Gasteiger partial charge in [-0.05, 0) is 58.7 Å². The predicted octanol–water partition coefficient (Wildman–Crippen LogP) is 4.26. The van der Waals surface area contributed by atoms with Crippen LogP contribution < -0.4 is 0 Å². The lowest BCUT2D eigenvalue weighted by atomic mass is 10.1. The first kappa shape index (κ1) is 21.6. The van der Waals surface area contributed by atoms with E-state index < -0.39 is 20.2 Å². The zero-order valence-electron chi connectivity index (χ0n) is 16.9. The van der Waals surface area contributed by atoms with E-state index in [-0.39, 0.29) is 23.2 Å². The molecule has 0 aromatic carbocycles. The van der Waals surface area contributed by atoms with Gasteiger partial charge in [0.25, 0.3) is 0 Å². The summed E-state index contributed by atoms with van der Waals surface area (Å²) in [6.45, 7) is 19.1. The molecule has 3 atom stereocenters. The Morgan fingerprint density at radius 2 is 1.83 bits per heavy atom. The molecule has 6 heteroatoms. The van der Waals surface area contributed by atoms with Gasteiger partial charge < -0.3 is 18.6 Å². The van der Waals surface area contributed by atoms with Crippen molar-refractivity contribution in [3.05, 3.63) is 0 Å². The van der Waals surface area contributed by atoms with Gasteiger partial charge >= 0.3 is 5.97 Å². The maximum Gasteiger partial charge on any atom is 0.338 e. The highest BCUT2D eigenvalue weighted by molar-refractivity contribution is 6.74. The largest absolute Gasteiger partial charge is 0.464 e. The van der Waals surface area contributed by atoms with Crippen LogP contribution in [0.3, 0.4) is 0 Å². The SMILES string of the molecule is CCOC(=O)[C@@H]1OC(C)(C)O[C@H]1CC[C@H](C)O[Si](C)(C)C(C)(C)C. The highest BCUT2D eigenvalue weighted by Crippen LogP contribution is 2.38. The lowest BCUT2D eigenvalue weighted by Crippen LogP contribution is -2.43. The van der Waals surface area contributed by atoms with Crippen molar-refractivity contribution < 1.29 is 23.4 Å². The fourth-order valence-corrected chi connectivity index (χ4v) is 4.09. The van der Waals surface area contributed by atoms with Crippen molar-refractivity contribution in [1.29, 1.82) is 0 Å². The summed E-state index contributed by atoms with van der Waals surface area (Å²) in [7, 11) is -1.79. The highest BCUT2D eigenvalue weighted by Gasteiger charge is 2.46. The van der Waals surface area contributed by atoms with Crippen molar-refractivity contribution in [2.75, 3.05) is 6.61 Å². The number of carbonyl (C=O) groups excluding carboxylic acids is 1. The van der Waals surface area contributed by atoms with E-state index in [2.05, 4.69) is 40.8 Å². The van der Waals surface area contributed by atoms with Crippen molar-refractivity contribution in [3.63, 3.8) is 0 Å². The molecule has 0 N–H and O–H groups in total. The van der Waals surface area contributed by atoms with E-state index in [0.29, 0.717) is 13.0 Å². The maximum atomic E-state index is 12.1. The number of ether oxygens (including phenoxy) is 3. The van der Waals surface area contributed by atoms with Gasteiger partial charge in [0.2, 0.25) is 0 Å². The molecular weight excluding hydrogens is 324 g/mol. The van der Waals surface area contributed by atoms with Gasteiger partial charge in [-0.1, -0.05) is 20.8 Å². The Balaban J connectivity index is 2.62. The normalized spacial score (nSPS) is 25.5. The molecule has 24 heavy (non-hydrogen) atoms. The van der Waals surface area contributed by atoms with E-state index in [1.807, 2.05) is 13.8 Å². The fourth-order valence-electron chi connectivity index (χ4n) is 2.61. The van der Waals surface area contributed by atoms with E-state index in [1.54, 1.807) is 6.92 Å². The second-order valence-electron chi connectivity index (χ2n) is 8.61. The van der Waals surface area contributed by atoms with Crippen LogP contribution in [0.2, 0.25) is 18.1 Å². The molecule has 0 aromatic heterocycles. The van der Waals surface area contributed by atoms with Gasteiger partial charge in [-0.15, -0.1) is 0 Å². The Hall–Kier alpha value is -0.433. The summed E-state index contributed by atoms with van der Waals surface area (Å²) in [5, 5.41) is 0.184. The summed E-state index contributed by atoms with van der Waals surface area (Å²) in [4.78, 5) is 12.1. The van der Waals surface area contributed by atoms with Crippen molar-refractivity contribution in [2.24, 2.45) is 0 Å². The van der Waals surface area contributed by atoms with Crippen molar-refractivity contribution in [3.8, 4) is 0 Å². The number of carbonyl (C=O) groups is 1. The summed E-state index contributed by atoms with van der Waals surface area (Å²) in [6, 6.07) is 0. The number of esters is 1. The van der Waals surface area contributed by atoms with Gasteiger partial charge in [0.1, 0.15) is 0 Å². The summed E-state index contributed by atoms with van der Waals surface area (Å²) >= 11 is 0. The van der Waals surface area contributed by atoms with Gasteiger partial charge in [0, 0.05) is 6.10 Å². The fraction of sp³-hybridized carbons (Fsp3) is 0.944. The first-order valence-electron chi connectivity index (χ1n) is 8.99. The number of hydrogen-bond donors (Lipinski definition) is 0. The van der Waals surface area contributed by atoms with Gasteiger partial charge in [-0.3, -0.25) is 0 Å². The molecule has 5 nitrogen and oxygen atoms in total. The summed E-state index contributed by atoms with van der Waals surface area (Å²) in [5.41, 5.74) is 0. The molecule has 0 amide bonds. The molecule has 1 saturated heterocycles. The van der Waals surface area contributed by atoms with E-state index in [4.69, 9.17) is 18.6 Å². The Morgan fingerprint density at radius 3 is 2.33 bits per heavy atom. The zero-order chi connectivity index (χ0) is 18.8. The summed E-state index contributed by atoms with van der Waals surface area (Å²) in [6.07, 6.45) is 0.723. The maximum absolute atomic E-state index is 12.1. The average Bonchev–Trinajstić information content (AvgIpc) is 2.70. The molecule has 1 fully saturated rings. The molecular formula is C18H36O5Si. The molecule has 0 unspecified atom stereocenters. The Morgan fingerprint density at radius 1 is 1.25 bits per heavy atom. The van der Waals surface area contributed by atoms with Crippen molar-refractivity contribution >= 4 is 14.3 Å². The third-order valence-corrected chi connectivity index (χ3v) is 9.47. The van der Waals surface area contributed by atoms with Crippen LogP contribution >= 0.6 is 0 Å². The van der Waals surface area contributed by atoms with Crippen LogP contribution in [-0.4, -0.2) is 45.0 Å². The quantitative estimate of drug-likeness (QED) is 0.501. The molecule has 0 aliphatic carbocycles. The first-order valence-corrected chi connectivity index (χ1v) is 11.9. The van der Waals surface area contributed by atoms with Crippen LogP contribution in [0.4, 0.5) is 0 Å². The van der Waals surface area contributed by atoms with E-state index >= 15 is 0 Å². The average molecular weight is 361 g/mol. The van der Waals surface area contributed by atoms with Crippen molar-refractivity contribution in [2.45, 2.75) is 104 Å². The topological polar surface area (TPSA) is 54.0 Å². The van der Waals surface area contributed by atoms with Crippen LogP contribution in [0.5, 0.6) is 0 Å². The molecule has 1 aliphatic heterocycles. The highest BCUT2D eigenvalue weighted by atomic mass is 28.4. The van der Waals surface area contributed by atoms with Crippen LogP contribution in [0, 0.1) is 0 Å². The van der Waals surface area contributed by atoms with Crippen LogP contribution in [0.25, 0.3) is 0 Å². The predicted molar refractivity (Wildman–Crippen MR) is 97.4 cm³/mol. The third kappa shape index (κ3) is 5.83. The lowest BCUT2D eigenvalue weighted by molar-refractivity contribution is -0.170. The van der Waals surface area contributed by atoms with Gasteiger partial charge in [0.05, 0.1) is 12.7 Å². The monoisotopic (exact) mass is 360 g/mol. The van der Waals surface area contributed by atoms with Crippen LogP contribution in [-0.2, 0) is 23.4 Å². The number of hydrogen-bond acceptors (Lipinski definition) is 5. The second kappa shape index (κ2) is 7.85. The Bertz CT molecular complexity index is 428. The lowest BCUT2D eigenvalue weighted by Gasteiger charge is -2.38. The zero-order valence-corrected chi connectivity index (χ0v) is 17.9. The molecule has 0 aromatic rings. The van der Waals surface area contributed by atoms with Crippen molar-refractivity contribution in [1.82, 2.24) is 0 Å². The molecule has 1 heterocycles. The number of rotatable bonds is 7. The Kier molecular flexibility index (Phi) is 7.07. The molecule has 0 radical (unpaired) electrons. The third-order valence-electron chi connectivity index (χ3n) is 4.86. The minimum atomic E-state index is -1.79. The van der Waals surface area contributed by atoms with Crippen LogP contribution in [0.1, 0.15) is 61.3 Å². The molecule has 1 rings (SSSR count). The Labute approximate surface area is 148 Å². The first-order chi connectivity index (χ1) is 10.8. The molecule has 0 spiro atoms. The van der Waals surface area contributed by atoms with E-state index in [0.717, 1.165) is 6.42 Å². The minimum Gasteiger partial charge on any atom is -0.464 e. The second-order valence-corrected chi connectivity index (χ2v) is 13.4. The molecule has 142 valence electrons.